The molecule has 0 fully saturated rings. The monoisotopic (exact) mass is 288 g/mol. The summed E-state index contributed by atoms with van der Waals surface area (Å²) >= 11 is 0. The van der Waals surface area contributed by atoms with E-state index in [1.807, 2.05) is 0 Å². The number of nitrogens with zero attached hydrogens (tertiary/aromatic N) is 4. The van der Waals surface area contributed by atoms with Crippen molar-refractivity contribution in [2.45, 2.75) is 12.7 Å². The molecule has 1 aromatic carbocycles. The molecule has 2 aromatic rings. The van der Waals surface area contributed by atoms with Crippen LogP contribution in [-0.2, 0) is 12.7 Å². The summed E-state index contributed by atoms with van der Waals surface area (Å²) < 4.78 is 37.5. The molecule has 106 valence electrons. The standard InChI is InChI=1S/C9H7F3N6O2/c10-9(11,12)5-1-2-6(7(3-5)18(19)20)13-4-8-14-16-17-15-8/h1-3,13H,4H2,(H,14,15,16,17). The largest absolute Gasteiger partial charge is 0.416 e. The minimum Gasteiger partial charge on any atom is -0.372 e. The number of anilines is 1. The number of nitro benzene ring substituents is 1. The molecule has 8 nitrogen and oxygen atoms in total. The molecule has 1 heterocycles. The fourth-order valence-electron chi connectivity index (χ4n) is 1.44. The number of benzene rings is 1. The molecule has 0 aliphatic carbocycles. The van der Waals surface area contributed by atoms with Gasteiger partial charge in [0.2, 0.25) is 0 Å². The zero-order valence-corrected chi connectivity index (χ0v) is 9.68. The normalized spacial score (nSPS) is 11.3. The van der Waals surface area contributed by atoms with E-state index in [0.29, 0.717) is 6.07 Å². The highest BCUT2D eigenvalue weighted by molar-refractivity contribution is 5.62. The Kier molecular flexibility index (Phi) is 3.50. The lowest BCUT2D eigenvalue weighted by Crippen LogP contribution is -2.08. The number of H-pyrrole nitrogens is 1. The summed E-state index contributed by atoms with van der Waals surface area (Å²) in [5.74, 6) is 0.221. The fraction of sp³-hybridized carbons (Fsp3) is 0.222. The lowest BCUT2D eigenvalue weighted by atomic mass is 10.1. The van der Waals surface area contributed by atoms with E-state index in [4.69, 9.17) is 0 Å². The fourth-order valence-corrected chi connectivity index (χ4v) is 1.44. The van der Waals surface area contributed by atoms with Crippen LogP contribution in [0.1, 0.15) is 11.4 Å². The summed E-state index contributed by atoms with van der Waals surface area (Å²) in [6.45, 7) is -0.0112. The number of halogens is 3. The van der Waals surface area contributed by atoms with Gasteiger partial charge in [-0.05, 0) is 12.1 Å². The van der Waals surface area contributed by atoms with Gasteiger partial charge >= 0.3 is 6.18 Å². The first-order valence-electron chi connectivity index (χ1n) is 5.20. The lowest BCUT2D eigenvalue weighted by molar-refractivity contribution is -0.384. The van der Waals surface area contributed by atoms with Crippen molar-refractivity contribution in [3.05, 3.63) is 39.7 Å². The smallest absolute Gasteiger partial charge is 0.372 e. The maximum atomic E-state index is 12.5. The van der Waals surface area contributed by atoms with Crippen molar-refractivity contribution in [3.8, 4) is 0 Å². The van der Waals surface area contributed by atoms with Crippen LogP contribution in [-0.4, -0.2) is 25.5 Å². The molecule has 2 rings (SSSR count). The Morgan fingerprint density at radius 1 is 1.40 bits per heavy atom. The average molecular weight is 288 g/mol. The maximum absolute atomic E-state index is 12.5. The van der Waals surface area contributed by atoms with E-state index in [2.05, 4.69) is 25.9 Å². The Morgan fingerprint density at radius 2 is 2.15 bits per heavy atom. The quantitative estimate of drug-likeness (QED) is 0.655. The number of nitro groups is 1. The van der Waals surface area contributed by atoms with E-state index in [9.17, 15) is 23.3 Å². The van der Waals surface area contributed by atoms with Crippen LogP contribution in [0.25, 0.3) is 0 Å². The van der Waals surface area contributed by atoms with Gasteiger partial charge in [0.05, 0.1) is 17.0 Å². The minimum absolute atomic E-state index is 0.0112. The van der Waals surface area contributed by atoms with Crippen LogP contribution in [0.3, 0.4) is 0 Å². The van der Waals surface area contributed by atoms with Gasteiger partial charge in [-0.25, -0.2) is 0 Å². The van der Waals surface area contributed by atoms with Crippen molar-refractivity contribution in [1.82, 2.24) is 20.6 Å². The summed E-state index contributed by atoms with van der Waals surface area (Å²) in [6, 6.07) is 2.21. The summed E-state index contributed by atoms with van der Waals surface area (Å²) in [5, 5.41) is 26.1. The molecule has 0 radical (unpaired) electrons. The van der Waals surface area contributed by atoms with Crippen molar-refractivity contribution in [3.63, 3.8) is 0 Å². The van der Waals surface area contributed by atoms with Gasteiger partial charge in [0, 0.05) is 6.07 Å². The van der Waals surface area contributed by atoms with Gasteiger partial charge < -0.3 is 5.32 Å². The Hall–Kier alpha value is -2.72. The van der Waals surface area contributed by atoms with Gasteiger partial charge in [-0.15, -0.1) is 10.2 Å². The minimum atomic E-state index is -4.64. The van der Waals surface area contributed by atoms with E-state index in [-0.39, 0.29) is 18.1 Å². The van der Waals surface area contributed by atoms with Crippen molar-refractivity contribution < 1.29 is 18.1 Å². The molecule has 0 atom stereocenters. The number of hydrogen-bond donors (Lipinski definition) is 2. The Labute approximate surface area is 109 Å². The third kappa shape index (κ3) is 2.99. The molecule has 0 bridgehead atoms. The maximum Gasteiger partial charge on any atom is 0.416 e. The second kappa shape index (κ2) is 5.11. The van der Waals surface area contributed by atoms with Crippen molar-refractivity contribution in [2.24, 2.45) is 0 Å². The summed E-state index contributed by atoms with van der Waals surface area (Å²) in [4.78, 5) is 9.92. The van der Waals surface area contributed by atoms with Gasteiger partial charge in [0.15, 0.2) is 5.82 Å². The van der Waals surface area contributed by atoms with E-state index in [1.54, 1.807) is 0 Å². The molecule has 0 aliphatic rings. The first kappa shape index (κ1) is 13.7. The number of alkyl halides is 3. The van der Waals surface area contributed by atoms with Gasteiger partial charge in [-0.1, -0.05) is 5.21 Å². The van der Waals surface area contributed by atoms with Crippen LogP contribution in [0.2, 0.25) is 0 Å². The van der Waals surface area contributed by atoms with Crippen molar-refractivity contribution >= 4 is 11.4 Å². The molecule has 0 saturated heterocycles. The highest BCUT2D eigenvalue weighted by Gasteiger charge is 2.33. The second-order valence-electron chi connectivity index (χ2n) is 3.67. The zero-order valence-electron chi connectivity index (χ0n) is 9.68. The predicted molar refractivity (Wildman–Crippen MR) is 59.6 cm³/mol. The van der Waals surface area contributed by atoms with Gasteiger partial charge in [-0.2, -0.15) is 18.4 Å². The third-order valence-electron chi connectivity index (χ3n) is 2.35. The van der Waals surface area contributed by atoms with Crippen LogP contribution in [0, 0.1) is 10.1 Å². The average Bonchev–Trinajstić information content (AvgIpc) is 2.88. The number of nitrogens with one attached hydrogen (secondary N) is 2. The van der Waals surface area contributed by atoms with Crippen LogP contribution < -0.4 is 5.32 Å². The predicted octanol–water partition coefficient (Wildman–Crippen LogP) is 1.74. The number of aromatic nitrogens is 4. The molecule has 0 aliphatic heterocycles. The topological polar surface area (TPSA) is 110 Å². The summed E-state index contributed by atoms with van der Waals surface area (Å²) in [5.41, 5.74) is -1.83. The molecule has 20 heavy (non-hydrogen) atoms. The van der Waals surface area contributed by atoms with Gasteiger partial charge in [0.1, 0.15) is 5.69 Å². The molecule has 1 aromatic heterocycles. The molecule has 0 spiro atoms. The van der Waals surface area contributed by atoms with Crippen LogP contribution in [0.5, 0.6) is 0 Å². The molecule has 0 saturated carbocycles. The number of hydrogen-bond acceptors (Lipinski definition) is 6. The molecular formula is C9H7F3N6O2. The van der Waals surface area contributed by atoms with E-state index in [1.165, 1.54) is 0 Å². The zero-order chi connectivity index (χ0) is 14.8. The van der Waals surface area contributed by atoms with Crippen LogP contribution >= 0.6 is 0 Å². The number of rotatable bonds is 4. The van der Waals surface area contributed by atoms with Crippen LogP contribution in [0.15, 0.2) is 18.2 Å². The Morgan fingerprint density at radius 3 is 2.70 bits per heavy atom. The first-order valence-corrected chi connectivity index (χ1v) is 5.20. The molecular weight excluding hydrogens is 281 g/mol. The highest BCUT2D eigenvalue weighted by Crippen LogP contribution is 2.34. The van der Waals surface area contributed by atoms with Crippen molar-refractivity contribution in [2.75, 3.05) is 5.32 Å². The van der Waals surface area contributed by atoms with E-state index >= 15 is 0 Å². The third-order valence-corrected chi connectivity index (χ3v) is 2.35. The molecule has 11 heteroatoms. The number of tetrazole rings is 1. The molecule has 2 N–H and O–H groups in total. The summed E-state index contributed by atoms with van der Waals surface area (Å²) in [6.07, 6.45) is -4.64. The number of aromatic amines is 1. The lowest BCUT2D eigenvalue weighted by Gasteiger charge is -2.09. The van der Waals surface area contributed by atoms with E-state index < -0.39 is 22.4 Å². The van der Waals surface area contributed by atoms with Gasteiger partial charge in [0.25, 0.3) is 5.69 Å². The molecule has 0 unspecified atom stereocenters. The van der Waals surface area contributed by atoms with Gasteiger partial charge in [-0.3, -0.25) is 10.1 Å². The van der Waals surface area contributed by atoms with Crippen molar-refractivity contribution in [1.29, 1.82) is 0 Å². The molecule has 0 amide bonds. The Balaban J connectivity index is 2.26. The summed E-state index contributed by atoms with van der Waals surface area (Å²) in [7, 11) is 0. The second-order valence-corrected chi connectivity index (χ2v) is 3.67. The highest BCUT2D eigenvalue weighted by atomic mass is 19.4. The SMILES string of the molecule is O=[N+]([O-])c1cc(C(F)(F)F)ccc1NCc1nn[nH]n1. The first-order chi connectivity index (χ1) is 9.38. The van der Waals surface area contributed by atoms with Crippen LogP contribution in [0.4, 0.5) is 24.5 Å². The Bertz CT molecular complexity index is 613. The van der Waals surface area contributed by atoms with E-state index in [0.717, 1.165) is 12.1 Å².